The molecule has 1 aromatic heterocycles. The number of aryl methyl sites for hydroxylation is 1. The number of benzene rings is 4. The molecule has 0 atom stereocenters. The van der Waals surface area contributed by atoms with Crippen molar-refractivity contribution in [1.29, 1.82) is 0 Å². The van der Waals surface area contributed by atoms with E-state index in [0.717, 1.165) is 39.6 Å². The van der Waals surface area contributed by atoms with Crippen LogP contribution in [0.3, 0.4) is 0 Å². The molecule has 6 heteroatoms. The molecule has 1 heterocycles. The molecule has 0 saturated carbocycles. The van der Waals surface area contributed by atoms with Crippen LogP contribution in [0.2, 0.25) is 10.0 Å². The van der Waals surface area contributed by atoms with Crippen LogP contribution in [0, 0.1) is 6.92 Å². The first kappa shape index (κ1) is 22.7. The molecule has 0 radical (unpaired) electrons. The summed E-state index contributed by atoms with van der Waals surface area (Å²) in [7, 11) is 0. The van der Waals surface area contributed by atoms with Gasteiger partial charge in [-0.3, -0.25) is 0 Å². The van der Waals surface area contributed by atoms with Crippen molar-refractivity contribution in [3.8, 4) is 16.3 Å². The molecule has 4 aromatic carbocycles. The van der Waals surface area contributed by atoms with Crippen LogP contribution < -0.4 is 10.1 Å². The third kappa shape index (κ3) is 5.36. The predicted octanol–water partition coefficient (Wildman–Crippen LogP) is 8.77. The molecule has 5 rings (SSSR count). The van der Waals surface area contributed by atoms with E-state index in [0.29, 0.717) is 16.7 Å². The summed E-state index contributed by atoms with van der Waals surface area (Å²) in [6.07, 6.45) is 0. The van der Waals surface area contributed by atoms with Crippen LogP contribution in [0.15, 0.2) is 84.9 Å². The summed E-state index contributed by atoms with van der Waals surface area (Å²) >= 11 is 13.8. The van der Waals surface area contributed by atoms with Gasteiger partial charge >= 0.3 is 0 Å². The van der Waals surface area contributed by atoms with Crippen molar-refractivity contribution in [3.05, 3.63) is 112 Å². The van der Waals surface area contributed by atoms with Gasteiger partial charge in [-0.15, -0.1) is 11.3 Å². The van der Waals surface area contributed by atoms with Crippen molar-refractivity contribution >= 4 is 50.4 Å². The van der Waals surface area contributed by atoms with Gasteiger partial charge in [0.05, 0.1) is 20.3 Å². The lowest BCUT2D eigenvalue weighted by Gasteiger charge is -2.10. The average Bonchev–Trinajstić information content (AvgIpc) is 3.28. The fraction of sp³-hybridized carbons (Fsp3) is 0.107. The number of hydrogen-bond acceptors (Lipinski definition) is 4. The molecule has 5 aromatic rings. The molecular weight excluding hydrogens is 483 g/mol. The van der Waals surface area contributed by atoms with Gasteiger partial charge < -0.3 is 10.1 Å². The third-order valence-corrected chi connectivity index (χ3v) is 7.29. The predicted molar refractivity (Wildman–Crippen MR) is 144 cm³/mol. The minimum Gasteiger partial charge on any atom is -0.489 e. The van der Waals surface area contributed by atoms with Crippen molar-refractivity contribution in [3.63, 3.8) is 0 Å². The van der Waals surface area contributed by atoms with E-state index in [1.165, 1.54) is 15.8 Å². The number of nitrogens with one attached hydrogen (secondary N) is 1. The number of fused-ring (bicyclic) bond motifs is 1. The standard InChI is InChI=1S/C28H22Cl2N2OS/c1-18-2-13-26-27(14-18)34-28(32-26)21-6-8-22(9-7-21)31-16-19-3-10-23(11-4-19)33-17-20-5-12-24(29)25(30)15-20/h2-15,31H,16-17H2,1H3. The summed E-state index contributed by atoms with van der Waals surface area (Å²) in [4.78, 5) is 4.77. The lowest BCUT2D eigenvalue weighted by molar-refractivity contribution is 0.306. The van der Waals surface area contributed by atoms with Crippen LogP contribution in [0.1, 0.15) is 16.7 Å². The Morgan fingerprint density at radius 3 is 2.35 bits per heavy atom. The largest absolute Gasteiger partial charge is 0.489 e. The highest BCUT2D eigenvalue weighted by atomic mass is 35.5. The highest BCUT2D eigenvalue weighted by Crippen LogP contribution is 2.31. The topological polar surface area (TPSA) is 34.2 Å². The van der Waals surface area contributed by atoms with Crippen molar-refractivity contribution in [2.75, 3.05) is 5.32 Å². The van der Waals surface area contributed by atoms with Crippen LogP contribution in [-0.2, 0) is 13.2 Å². The minimum atomic E-state index is 0.440. The van der Waals surface area contributed by atoms with E-state index in [1.54, 1.807) is 17.4 Å². The van der Waals surface area contributed by atoms with Gasteiger partial charge in [0.1, 0.15) is 17.4 Å². The van der Waals surface area contributed by atoms with E-state index in [-0.39, 0.29) is 0 Å². The van der Waals surface area contributed by atoms with Gasteiger partial charge in [-0.25, -0.2) is 4.98 Å². The Bertz CT molecular complexity index is 1430. The second-order valence-electron chi connectivity index (χ2n) is 8.10. The SMILES string of the molecule is Cc1ccc2nc(-c3ccc(NCc4ccc(OCc5ccc(Cl)c(Cl)c5)cc4)cc3)sc2c1. The molecule has 0 spiro atoms. The van der Waals surface area contributed by atoms with Crippen LogP contribution in [0.25, 0.3) is 20.8 Å². The van der Waals surface area contributed by atoms with Crippen molar-refractivity contribution < 1.29 is 4.74 Å². The third-order valence-electron chi connectivity index (χ3n) is 5.49. The molecule has 3 nitrogen and oxygen atoms in total. The van der Waals surface area contributed by atoms with Crippen LogP contribution in [0.5, 0.6) is 5.75 Å². The van der Waals surface area contributed by atoms with E-state index in [4.69, 9.17) is 32.9 Å². The molecule has 34 heavy (non-hydrogen) atoms. The Kier molecular flexibility index (Phi) is 6.73. The smallest absolute Gasteiger partial charge is 0.124 e. The maximum absolute atomic E-state index is 6.07. The quantitative estimate of drug-likeness (QED) is 0.240. The zero-order chi connectivity index (χ0) is 23.5. The summed E-state index contributed by atoms with van der Waals surface area (Å²) in [6.45, 7) is 3.28. The second-order valence-corrected chi connectivity index (χ2v) is 9.95. The number of ether oxygens (including phenoxy) is 1. The number of rotatable bonds is 7. The van der Waals surface area contributed by atoms with Gasteiger partial charge in [-0.2, -0.15) is 0 Å². The Labute approximate surface area is 213 Å². The highest BCUT2D eigenvalue weighted by Gasteiger charge is 2.07. The van der Waals surface area contributed by atoms with E-state index < -0.39 is 0 Å². The molecular formula is C28H22Cl2N2OS. The van der Waals surface area contributed by atoms with Crippen LogP contribution >= 0.6 is 34.5 Å². The first-order chi connectivity index (χ1) is 16.5. The Morgan fingerprint density at radius 1 is 0.824 bits per heavy atom. The van der Waals surface area contributed by atoms with Gasteiger partial charge in [-0.1, -0.05) is 47.5 Å². The summed E-state index contributed by atoms with van der Waals surface area (Å²) in [5.41, 5.74) is 6.66. The Morgan fingerprint density at radius 2 is 1.59 bits per heavy atom. The van der Waals surface area contributed by atoms with E-state index >= 15 is 0 Å². The molecule has 0 saturated heterocycles. The van der Waals surface area contributed by atoms with Crippen LogP contribution in [0.4, 0.5) is 5.69 Å². The molecule has 0 amide bonds. The summed E-state index contributed by atoms with van der Waals surface area (Å²) < 4.78 is 7.08. The fourth-order valence-electron chi connectivity index (χ4n) is 3.59. The number of halogens is 2. The lowest BCUT2D eigenvalue weighted by atomic mass is 10.2. The Balaban J connectivity index is 1.16. The van der Waals surface area contributed by atoms with E-state index in [2.05, 4.69) is 66.8 Å². The van der Waals surface area contributed by atoms with E-state index in [1.807, 2.05) is 24.3 Å². The first-order valence-electron chi connectivity index (χ1n) is 10.9. The molecule has 170 valence electrons. The maximum atomic E-state index is 6.07. The van der Waals surface area contributed by atoms with Gasteiger partial charge in [0.15, 0.2) is 0 Å². The van der Waals surface area contributed by atoms with Crippen LogP contribution in [-0.4, -0.2) is 4.98 Å². The monoisotopic (exact) mass is 504 g/mol. The van der Waals surface area contributed by atoms with Crippen molar-refractivity contribution in [2.45, 2.75) is 20.1 Å². The number of hydrogen-bond donors (Lipinski definition) is 1. The highest BCUT2D eigenvalue weighted by molar-refractivity contribution is 7.21. The summed E-state index contributed by atoms with van der Waals surface area (Å²) in [6, 6.07) is 28.4. The van der Waals surface area contributed by atoms with Crippen molar-refractivity contribution in [2.24, 2.45) is 0 Å². The molecule has 0 aliphatic rings. The molecule has 0 fully saturated rings. The normalized spacial score (nSPS) is 11.0. The van der Waals surface area contributed by atoms with Gasteiger partial charge in [0, 0.05) is 17.8 Å². The maximum Gasteiger partial charge on any atom is 0.124 e. The Hall–Kier alpha value is -3.05. The average molecular weight is 505 g/mol. The molecule has 0 aliphatic heterocycles. The zero-order valence-electron chi connectivity index (χ0n) is 18.5. The number of anilines is 1. The van der Waals surface area contributed by atoms with E-state index in [9.17, 15) is 0 Å². The zero-order valence-corrected chi connectivity index (χ0v) is 20.8. The minimum absolute atomic E-state index is 0.440. The summed E-state index contributed by atoms with van der Waals surface area (Å²) in [5.74, 6) is 0.810. The van der Waals surface area contributed by atoms with Crippen molar-refractivity contribution in [1.82, 2.24) is 4.98 Å². The lowest BCUT2D eigenvalue weighted by Crippen LogP contribution is -2.00. The van der Waals surface area contributed by atoms with Gasteiger partial charge in [0.2, 0.25) is 0 Å². The molecule has 0 bridgehead atoms. The number of thiazole rings is 1. The van der Waals surface area contributed by atoms with Gasteiger partial charge in [-0.05, 0) is 84.3 Å². The number of aromatic nitrogens is 1. The molecule has 0 unspecified atom stereocenters. The molecule has 0 aliphatic carbocycles. The molecule has 1 N–H and O–H groups in total. The van der Waals surface area contributed by atoms with Gasteiger partial charge in [0.25, 0.3) is 0 Å². The summed E-state index contributed by atoms with van der Waals surface area (Å²) in [5, 5.41) is 5.60. The number of nitrogens with zero attached hydrogens (tertiary/aromatic N) is 1. The first-order valence-corrected chi connectivity index (χ1v) is 12.5. The fourth-order valence-corrected chi connectivity index (χ4v) is 4.98. The second kappa shape index (κ2) is 10.1.